The molecule has 176 valence electrons. The highest BCUT2D eigenvalue weighted by molar-refractivity contribution is 7.81. The van der Waals surface area contributed by atoms with Crippen LogP contribution in [0.4, 0.5) is 21.6 Å². The Labute approximate surface area is 207 Å². The maximum atomic E-state index is 15.0. The molecule has 3 aromatic rings. The van der Waals surface area contributed by atoms with E-state index in [-0.39, 0.29) is 29.2 Å². The molecule has 35 heavy (non-hydrogen) atoms. The number of ether oxygens (including phenoxy) is 1. The molecule has 0 atom stereocenters. The van der Waals surface area contributed by atoms with Crippen LogP contribution in [-0.2, 0) is 11.2 Å². The van der Waals surface area contributed by atoms with Crippen LogP contribution in [0, 0.1) is 19.3 Å². The molecule has 0 bridgehead atoms. The molecule has 1 saturated carbocycles. The second-order valence-electron chi connectivity index (χ2n) is 8.47. The van der Waals surface area contributed by atoms with Crippen molar-refractivity contribution in [1.29, 1.82) is 0 Å². The molecule has 1 aliphatic heterocycles. The van der Waals surface area contributed by atoms with Gasteiger partial charge in [-0.1, -0.05) is 6.57 Å². The summed E-state index contributed by atoms with van der Waals surface area (Å²) in [5.74, 6) is 0.299. The zero-order valence-corrected chi connectivity index (χ0v) is 19.8. The topological polar surface area (TPSA) is 75.8 Å². The summed E-state index contributed by atoms with van der Waals surface area (Å²) in [5, 5.41) is 0.265. The molecule has 0 radical (unpaired) electrons. The monoisotopic (exact) mass is 488 g/mol. The van der Waals surface area contributed by atoms with Crippen molar-refractivity contribution in [2.24, 2.45) is 0 Å². The van der Waals surface area contributed by atoms with Crippen LogP contribution >= 0.6 is 12.2 Å². The summed E-state index contributed by atoms with van der Waals surface area (Å²) in [6, 6.07) is 8.07. The van der Waals surface area contributed by atoms with Gasteiger partial charge in [-0.25, -0.2) is 14.4 Å². The lowest BCUT2D eigenvalue weighted by molar-refractivity contribution is -0.123. The molecule has 0 N–H and O–H groups in total. The van der Waals surface area contributed by atoms with Crippen LogP contribution in [0.25, 0.3) is 4.85 Å². The second kappa shape index (κ2) is 9.00. The summed E-state index contributed by atoms with van der Waals surface area (Å²) in [4.78, 5) is 32.6. The van der Waals surface area contributed by atoms with Crippen molar-refractivity contribution in [2.75, 3.05) is 16.4 Å². The fourth-order valence-corrected chi connectivity index (χ4v) is 4.93. The molecule has 2 fully saturated rings. The van der Waals surface area contributed by atoms with Crippen molar-refractivity contribution in [1.82, 2.24) is 15.0 Å². The highest BCUT2D eigenvalue weighted by Crippen LogP contribution is 2.48. The summed E-state index contributed by atoms with van der Waals surface area (Å²) < 4.78 is 20.6. The lowest BCUT2D eigenvalue weighted by Crippen LogP contribution is -2.55. The molecule has 1 spiro atoms. The number of anilines is 2. The molecule has 1 saturated heterocycles. The molecule has 1 aromatic carbocycles. The third-order valence-corrected chi connectivity index (χ3v) is 6.73. The number of benzene rings is 1. The van der Waals surface area contributed by atoms with Crippen molar-refractivity contribution in [3.63, 3.8) is 0 Å². The minimum atomic E-state index is -0.844. The largest absolute Gasteiger partial charge is 0.490 e. The molecule has 8 nitrogen and oxygen atoms in total. The number of carbonyl (C=O) groups is 1. The molecular formula is C25H21FN6O2S. The predicted molar refractivity (Wildman–Crippen MR) is 132 cm³/mol. The van der Waals surface area contributed by atoms with E-state index in [0.717, 1.165) is 6.42 Å². The van der Waals surface area contributed by atoms with E-state index in [2.05, 4.69) is 19.8 Å². The molecule has 5 rings (SSSR count). The first-order valence-corrected chi connectivity index (χ1v) is 11.6. The van der Waals surface area contributed by atoms with Gasteiger partial charge in [0.2, 0.25) is 0 Å². The van der Waals surface area contributed by atoms with Gasteiger partial charge in [0, 0.05) is 30.6 Å². The fraction of sp³-hybridized carbons (Fsp3) is 0.280. The van der Waals surface area contributed by atoms with Gasteiger partial charge in [-0.2, -0.15) is 0 Å². The normalized spacial score (nSPS) is 16.4. The average Bonchev–Trinajstić information content (AvgIpc) is 3.07. The van der Waals surface area contributed by atoms with Crippen LogP contribution in [0.3, 0.4) is 0 Å². The van der Waals surface area contributed by atoms with Crippen molar-refractivity contribution in [2.45, 2.75) is 38.1 Å². The Kier molecular flexibility index (Phi) is 5.86. The van der Waals surface area contributed by atoms with E-state index in [0.29, 0.717) is 42.0 Å². The van der Waals surface area contributed by atoms with E-state index in [1.807, 2.05) is 0 Å². The van der Waals surface area contributed by atoms with Gasteiger partial charge >= 0.3 is 0 Å². The van der Waals surface area contributed by atoms with E-state index in [9.17, 15) is 4.79 Å². The zero-order chi connectivity index (χ0) is 24.6. The van der Waals surface area contributed by atoms with Gasteiger partial charge in [0.25, 0.3) is 11.7 Å². The highest BCUT2D eigenvalue weighted by atomic mass is 32.1. The van der Waals surface area contributed by atoms with Crippen LogP contribution in [0.5, 0.6) is 5.75 Å². The minimum absolute atomic E-state index is 0.107. The van der Waals surface area contributed by atoms with E-state index >= 15 is 4.39 Å². The van der Waals surface area contributed by atoms with Crippen molar-refractivity contribution >= 4 is 40.4 Å². The van der Waals surface area contributed by atoms with E-state index < -0.39 is 11.4 Å². The molecule has 3 heterocycles. The van der Waals surface area contributed by atoms with Crippen molar-refractivity contribution in [3.8, 4) is 5.75 Å². The Morgan fingerprint density at radius 3 is 2.60 bits per heavy atom. The predicted octanol–water partition coefficient (Wildman–Crippen LogP) is 4.55. The fourth-order valence-electron chi connectivity index (χ4n) is 4.46. The first-order chi connectivity index (χ1) is 16.9. The standard InChI is InChI=1S/C25H21FN6O2S/c1-16-13-18(15-30-22(16)27-2)31-23(33)25(8-3-9-25)32(24(31)35)17-5-6-20(19(26)14-17)34-12-7-21-28-10-4-11-29-21/h4-6,10-11,13-15H,3,7-9,12H2,1H3. The SMILES string of the molecule is [C-]#[N+]c1ncc(N2C(=O)C3(CCC3)N(c3ccc(OCCc4ncccn4)c(F)c3)C2=S)cc1C. The summed E-state index contributed by atoms with van der Waals surface area (Å²) in [5.41, 5.74) is 0.803. The lowest BCUT2D eigenvalue weighted by Gasteiger charge is -2.43. The van der Waals surface area contributed by atoms with Crippen molar-refractivity contribution in [3.05, 3.63) is 77.5 Å². The first kappa shape index (κ1) is 22.8. The van der Waals surface area contributed by atoms with Crippen molar-refractivity contribution < 1.29 is 13.9 Å². The molecule has 2 aliphatic rings. The average molecular weight is 489 g/mol. The molecule has 1 amide bonds. The number of rotatable bonds is 6. The van der Waals surface area contributed by atoms with Gasteiger partial charge in [0.05, 0.1) is 12.3 Å². The van der Waals surface area contributed by atoms with Crippen LogP contribution in [0.2, 0.25) is 0 Å². The van der Waals surface area contributed by atoms with Crippen LogP contribution in [-0.4, -0.2) is 38.1 Å². The van der Waals surface area contributed by atoms with E-state index in [4.69, 9.17) is 23.5 Å². The van der Waals surface area contributed by atoms with Gasteiger partial charge in [-0.15, -0.1) is 4.98 Å². The smallest absolute Gasteiger partial charge is 0.272 e. The Balaban J connectivity index is 1.40. The van der Waals surface area contributed by atoms with Gasteiger partial charge in [0.1, 0.15) is 17.6 Å². The lowest BCUT2D eigenvalue weighted by atomic mass is 9.75. The Hall–Kier alpha value is -3.97. The number of nitrogens with zero attached hydrogens (tertiary/aromatic N) is 6. The van der Waals surface area contributed by atoms with Gasteiger partial charge in [0.15, 0.2) is 16.7 Å². The second-order valence-corrected chi connectivity index (χ2v) is 8.83. The van der Waals surface area contributed by atoms with Gasteiger partial charge in [-0.05, 0) is 68.2 Å². The number of aromatic nitrogens is 3. The van der Waals surface area contributed by atoms with Crippen LogP contribution in [0.1, 0.15) is 30.7 Å². The molecule has 2 aromatic heterocycles. The third-order valence-electron chi connectivity index (χ3n) is 6.37. The quantitative estimate of drug-likeness (QED) is 0.372. The Morgan fingerprint density at radius 1 is 1.20 bits per heavy atom. The Bertz CT molecular complexity index is 1360. The number of hydrogen-bond donors (Lipinski definition) is 0. The molecule has 10 heteroatoms. The van der Waals surface area contributed by atoms with Gasteiger partial charge in [-0.3, -0.25) is 9.69 Å². The maximum Gasteiger partial charge on any atom is 0.272 e. The van der Waals surface area contributed by atoms with E-state index in [1.165, 1.54) is 17.2 Å². The van der Waals surface area contributed by atoms with Crippen LogP contribution in [0.15, 0.2) is 48.9 Å². The number of amides is 1. The summed E-state index contributed by atoms with van der Waals surface area (Å²) in [6.07, 6.45) is 7.33. The highest BCUT2D eigenvalue weighted by Gasteiger charge is 2.59. The van der Waals surface area contributed by atoms with E-state index in [1.54, 1.807) is 48.5 Å². The van der Waals surface area contributed by atoms with Gasteiger partial charge < -0.3 is 14.5 Å². The van der Waals surface area contributed by atoms with Crippen LogP contribution < -0.4 is 14.5 Å². The Morgan fingerprint density at radius 2 is 1.97 bits per heavy atom. The number of carbonyl (C=O) groups excluding carboxylic acids is 1. The number of thiocarbonyl (C=S) groups is 1. The first-order valence-electron chi connectivity index (χ1n) is 11.2. The minimum Gasteiger partial charge on any atom is -0.490 e. The summed E-state index contributed by atoms with van der Waals surface area (Å²) in [6.45, 7) is 9.20. The number of hydrogen-bond acceptors (Lipinski definition) is 6. The molecule has 0 unspecified atom stereocenters. The number of pyridine rings is 1. The molecular weight excluding hydrogens is 467 g/mol. The summed E-state index contributed by atoms with van der Waals surface area (Å²) >= 11 is 5.73. The zero-order valence-electron chi connectivity index (χ0n) is 18.9. The number of halogens is 1. The number of aryl methyl sites for hydroxylation is 1. The third kappa shape index (κ3) is 3.88. The molecule has 1 aliphatic carbocycles. The summed E-state index contributed by atoms with van der Waals surface area (Å²) in [7, 11) is 0. The maximum absolute atomic E-state index is 15.0.